The first-order chi connectivity index (χ1) is 12.8. The average Bonchev–Trinajstić information content (AvgIpc) is 2.92. The van der Waals surface area contributed by atoms with E-state index in [2.05, 4.69) is 46.6 Å². The number of benzene rings is 1. The largest absolute Gasteiger partial charge is 0.344 e. The SMILES string of the molecule is [2H]C([2H])([2H])c1ccc(CCn2c3c(c4cc(C)ccc42)CN(C)CC3)cn1. The predicted molar refractivity (Wildman–Crippen MR) is 99.4 cm³/mol. The second kappa shape index (κ2) is 6.06. The Bertz CT molecular complexity index is 971. The number of fused-ring (bicyclic) bond motifs is 3. The van der Waals surface area contributed by atoms with Gasteiger partial charge in [-0.25, -0.2) is 0 Å². The maximum atomic E-state index is 7.45. The monoisotopic (exact) mass is 322 g/mol. The van der Waals surface area contributed by atoms with Crippen LogP contribution in [0.1, 0.15) is 32.2 Å². The van der Waals surface area contributed by atoms with Crippen molar-refractivity contribution in [1.82, 2.24) is 14.5 Å². The Morgan fingerprint density at radius 3 is 2.96 bits per heavy atom. The minimum Gasteiger partial charge on any atom is -0.344 e. The number of nitrogens with zero attached hydrogens (tertiary/aromatic N) is 3. The zero-order chi connectivity index (χ0) is 19.2. The molecule has 1 aliphatic rings. The molecule has 0 saturated heterocycles. The summed E-state index contributed by atoms with van der Waals surface area (Å²) in [6.07, 6.45) is 3.61. The van der Waals surface area contributed by atoms with Gasteiger partial charge in [0.05, 0.1) is 0 Å². The van der Waals surface area contributed by atoms with Crippen molar-refractivity contribution in [2.45, 2.75) is 39.7 Å². The molecule has 0 unspecified atom stereocenters. The van der Waals surface area contributed by atoms with Gasteiger partial charge in [0, 0.05) is 58.7 Å². The Labute approximate surface area is 148 Å². The van der Waals surface area contributed by atoms with Gasteiger partial charge in [-0.15, -0.1) is 0 Å². The minimum atomic E-state index is -2.14. The van der Waals surface area contributed by atoms with Crippen LogP contribution in [0, 0.1) is 13.8 Å². The molecule has 0 bridgehead atoms. The number of pyridine rings is 1. The highest BCUT2D eigenvalue weighted by atomic mass is 15.1. The first-order valence-corrected chi connectivity index (χ1v) is 8.57. The Kier molecular flexibility index (Phi) is 3.10. The molecule has 0 N–H and O–H groups in total. The van der Waals surface area contributed by atoms with Crippen molar-refractivity contribution in [3.05, 3.63) is 64.6 Å². The topological polar surface area (TPSA) is 21.1 Å². The quantitative estimate of drug-likeness (QED) is 0.729. The van der Waals surface area contributed by atoms with Crippen LogP contribution in [0.2, 0.25) is 0 Å². The molecule has 124 valence electrons. The van der Waals surface area contributed by atoms with Gasteiger partial charge in [0.1, 0.15) is 0 Å². The predicted octanol–water partition coefficient (Wildman–Crippen LogP) is 3.88. The zero-order valence-electron chi connectivity index (χ0n) is 17.3. The van der Waals surface area contributed by atoms with E-state index in [0.29, 0.717) is 0 Å². The number of aryl methyl sites for hydroxylation is 4. The molecule has 3 heterocycles. The van der Waals surface area contributed by atoms with Gasteiger partial charge in [-0.1, -0.05) is 17.7 Å². The second-order valence-electron chi connectivity index (χ2n) is 6.89. The van der Waals surface area contributed by atoms with Crippen LogP contribution in [0.15, 0.2) is 36.5 Å². The Morgan fingerprint density at radius 2 is 2.17 bits per heavy atom. The third-order valence-corrected chi connectivity index (χ3v) is 5.05. The molecule has 3 aromatic rings. The Morgan fingerprint density at radius 1 is 1.25 bits per heavy atom. The van der Waals surface area contributed by atoms with Crippen molar-refractivity contribution < 1.29 is 4.11 Å². The molecule has 0 fully saturated rings. The third-order valence-electron chi connectivity index (χ3n) is 5.05. The van der Waals surface area contributed by atoms with E-state index in [9.17, 15) is 0 Å². The summed E-state index contributed by atoms with van der Waals surface area (Å²) in [6.45, 7) is 2.97. The molecule has 1 aromatic carbocycles. The molecule has 0 spiro atoms. The molecule has 0 radical (unpaired) electrons. The number of hydrogen-bond donors (Lipinski definition) is 0. The lowest BCUT2D eigenvalue weighted by Crippen LogP contribution is -2.27. The standard InChI is InChI=1S/C21H25N3/c1-15-4-7-20-18(12-15)19-14-23(3)10-9-21(19)24(20)11-8-17-6-5-16(2)22-13-17/h4-7,12-13H,8-11,14H2,1-3H3/i2D3. The second-order valence-corrected chi connectivity index (χ2v) is 6.89. The van der Waals surface area contributed by atoms with E-state index >= 15 is 0 Å². The van der Waals surface area contributed by atoms with Gasteiger partial charge in [-0.3, -0.25) is 4.98 Å². The molecule has 4 rings (SSSR count). The van der Waals surface area contributed by atoms with E-state index in [1.54, 1.807) is 12.3 Å². The average molecular weight is 322 g/mol. The van der Waals surface area contributed by atoms with Crippen molar-refractivity contribution in [3.8, 4) is 0 Å². The Hall–Kier alpha value is -2.13. The summed E-state index contributed by atoms with van der Waals surface area (Å²) in [5.41, 5.74) is 6.72. The van der Waals surface area contributed by atoms with Crippen LogP contribution in [0.4, 0.5) is 0 Å². The number of hydrogen-bond acceptors (Lipinski definition) is 2. The highest BCUT2D eigenvalue weighted by molar-refractivity contribution is 5.86. The lowest BCUT2D eigenvalue weighted by atomic mass is 10.0. The smallest absolute Gasteiger partial charge is 0.0486 e. The summed E-state index contributed by atoms with van der Waals surface area (Å²) < 4.78 is 24.8. The molecule has 3 heteroatoms. The summed E-state index contributed by atoms with van der Waals surface area (Å²) in [4.78, 5) is 6.52. The number of rotatable bonds is 3. The molecule has 24 heavy (non-hydrogen) atoms. The normalized spacial score (nSPS) is 17.3. The van der Waals surface area contributed by atoms with Gasteiger partial charge >= 0.3 is 0 Å². The highest BCUT2D eigenvalue weighted by Crippen LogP contribution is 2.31. The number of aromatic nitrogens is 2. The van der Waals surface area contributed by atoms with E-state index in [-0.39, 0.29) is 5.69 Å². The zero-order valence-corrected chi connectivity index (χ0v) is 14.3. The van der Waals surface area contributed by atoms with Gasteiger partial charge in [0.2, 0.25) is 0 Å². The fourth-order valence-electron chi connectivity index (χ4n) is 3.77. The van der Waals surface area contributed by atoms with E-state index in [0.717, 1.165) is 38.0 Å². The molecule has 0 aliphatic carbocycles. The van der Waals surface area contributed by atoms with Gasteiger partial charge in [0.15, 0.2) is 0 Å². The minimum absolute atomic E-state index is 0.161. The molecule has 0 amide bonds. The summed E-state index contributed by atoms with van der Waals surface area (Å²) in [6, 6.07) is 10.2. The van der Waals surface area contributed by atoms with E-state index in [4.69, 9.17) is 4.11 Å². The van der Waals surface area contributed by atoms with Crippen LogP contribution in [0.25, 0.3) is 10.9 Å². The molecule has 0 saturated carbocycles. The first-order valence-electron chi connectivity index (χ1n) is 10.1. The van der Waals surface area contributed by atoms with Gasteiger partial charge in [0.25, 0.3) is 0 Å². The van der Waals surface area contributed by atoms with Crippen LogP contribution >= 0.6 is 0 Å². The first kappa shape index (κ1) is 12.3. The van der Waals surface area contributed by atoms with Gasteiger partial charge < -0.3 is 9.47 Å². The van der Waals surface area contributed by atoms with Crippen molar-refractivity contribution >= 4 is 10.9 Å². The fourth-order valence-corrected chi connectivity index (χ4v) is 3.77. The molecular formula is C21H25N3. The molecule has 2 aromatic heterocycles. The number of likely N-dealkylation sites (N-methyl/N-ethyl adjacent to an activating group) is 1. The van der Waals surface area contributed by atoms with Gasteiger partial charge in [-0.05, 0) is 56.6 Å². The molecule has 3 nitrogen and oxygen atoms in total. The maximum absolute atomic E-state index is 7.45. The van der Waals surface area contributed by atoms with E-state index in [1.165, 1.54) is 27.7 Å². The molecule has 0 atom stereocenters. The van der Waals surface area contributed by atoms with Crippen LogP contribution in [0.3, 0.4) is 0 Å². The highest BCUT2D eigenvalue weighted by Gasteiger charge is 2.22. The van der Waals surface area contributed by atoms with Crippen LogP contribution in [-0.4, -0.2) is 28.0 Å². The summed E-state index contributed by atoms with van der Waals surface area (Å²) in [5, 5.41) is 1.37. The summed E-state index contributed by atoms with van der Waals surface area (Å²) in [7, 11) is 2.18. The maximum Gasteiger partial charge on any atom is 0.0486 e. The lowest BCUT2D eigenvalue weighted by molar-refractivity contribution is 0.309. The lowest BCUT2D eigenvalue weighted by Gasteiger charge is -2.24. The van der Waals surface area contributed by atoms with Gasteiger partial charge in [-0.2, -0.15) is 0 Å². The van der Waals surface area contributed by atoms with Crippen molar-refractivity contribution in [2.75, 3.05) is 13.6 Å². The van der Waals surface area contributed by atoms with Crippen LogP contribution in [-0.2, 0) is 25.9 Å². The van der Waals surface area contributed by atoms with E-state index in [1.807, 2.05) is 6.07 Å². The van der Waals surface area contributed by atoms with Crippen LogP contribution in [0.5, 0.6) is 0 Å². The van der Waals surface area contributed by atoms with Crippen molar-refractivity contribution in [1.29, 1.82) is 0 Å². The summed E-state index contributed by atoms with van der Waals surface area (Å²) in [5.74, 6) is 0. The van der Waals surface area contributed by atoms with Crippen molar-refractivity contribution in [3.63, 3.8) is 0 Å². The summed E-state index contributed by atoms with van der Waals surface area (Å²) >= 11 is 0. The van der Waals surface area contributed by atoms with Crippen LogP contribution < -0.4 is 0 Å². The van der Waals surface area contributed by atoms with Crippen molar-refractivity contribution in [2.24, 2.45) is 0 Å². The molecular weight excluding hydrogens is 294 g/mol. The Balaban J connectivity index is 1.64. The third kappa shape index (κ3) is 2.73. The molecule has 1 aliphatic heterocycles. The van der Waals surface area contributed by atoms with E-state index < -0.39 is 6.85 Å². The fraction of sp³-hybridized carbons (Fsp3) is 0.381.